The van der Waals surface area contributed by atoms with E-state index >= 15 is 0 Å². The van der Waals surface area contributed by atoms with Gasteiger partial charge in [0.25, 0.3) is 0 Å². The van der Waals surface area contributed by atoms with E-state index in [1.54, 1.807) is 6.92 Å². The summed E-state index contributed by atoms with van der Waals surface area (Å²) in [5, 5.41) is 9.48. The van der Waals surface area contributed by atoms with E-state index in [9.17, 15) is 5.11 Å². The zero-order chi connectivity index (χ0) is 14.4. The van der Waals surface area contributed by atoms with Crippen molar-refractivity contribution in [2.24, 2.45) is 0 Å². The van der Waals surface area contributed by atoms with E-state index in [2.05, 4.69) is 6.92 Å². The van der Waals surface area contributed by atoms with Crippen molar-refractivity contribution in [2.75, 3.05) is 6.61 Å². The molecule has 1 atom stereocenters. The highest BCUT2D eigenvalue weighted by atomic mass is 16.5. The quantitative estimate of drug-likeness (QED) is 0.851. The summed E-state index contributed by atoms with van der Waals surface area (Å²) in [5.41, 5.74) is 0.868. The Kier molecular flexibility index (Phi) is 5.02. The highest BCUT2D eigenvalue weighted by Crippen LogP contribution is 2.31. The minimum absolute atomic E-state index is 0.468. The molecule has 0 saturated carbocycles. The topological polar surface area (TPSA) is 38.7 Å². The van der Waals surface area contributed by atoms with Crippen LogP contribution in [-0.2, 0) is 0 Å². The molecule has 0 aliphatic carbocycles. The average molecular weight is 272 g/mol. The van der Waals surface area contributed by atoms with Crippen molar-refractivity contribution in [1.82, 2.24) is 0 Å². The summed E-state index contributed by atoms with van der Waals surface area (Å²) in [5.74, 6) is 2.17. The zero-order valence-electron chi connectivity index (χ0n) is 11.9. The number of hydrogen-bond donors (Lipinski definition) is 1. The standard InChI is InChI=1S/C17H20O3/c1-3-12-19-16-6-4-5-7-17(16)20-15-10-8-14(9-11-15)13(2)18/h4-11,13,18H,3,12H2,1-2H3/t13-/m1/s1. The summed E-state index contributed by atoms with van der Waals surface area (Å²) < 4.78 is 11.5. The molecule has 0 amide bonds. The molecular formula is C17H20O3. The molecule has 3 nitrogen and oxygen atoms in total. The second-order valence-electron chi connectivity index (χ2n) is 4.64. The molecule has 2 rings (SSSR count). The van der Waals surface area contributed by atoms with Gasteiger partial charge in [0.05, 0.1) is 12.7 Å². The van der Waals surface area contributed by atoms with E-state index < -0.39 is 6.10 Å². The van der Waals surface area contributed by atoms with E-state index in [1.807, 2.05) is 48.5 Å². The van der Waals surface area contributed by atoms with Crippen LogP contribution in [0.1, 0.15) is 31.9 Å². The van der Waals surface area contributed by atoms with Crippen LogP contribution in [0.5, 0.6) is 17.2 Å². The van der Waals surface area contributed by atoms with E-state index in [0.29, 0.717) is 12.4 Å². The van der Waals surface area contributed by atoms with Gasteiger partial charge in [-0.25, -0.2) is 0 Å². The van der Waals surface area contributed by atoms with Crippen molar-refractivity contribution in [3.8, 4) is 17.2 Å². The first-order chi connectivity index (χ1) is 9.70. The fourth-order valence-corrected chi connectivity index (χ4v) is 1.81. The second-order valence-corrected chi connectivity index (χ2v) is 4.64. The zero-order valence-corrected chi connectivity index (χ0v) is 11.9. The molecule has 0 heterocycles. The van der Waals surface area contributed by atoms with Gasteiger partial charge in [0.2, 0.25) is 0 Å². The molecule has 106 valence electrons. The summed E-state index contributed by atoms with van der Waals surface area (Å²) in [6, 6.07) is 15.0. The number of benzene rings is 2. The number of aliphatic hydroxyl groups excluding tert-OH is 1. The van der Waals surface area contributed by atoms with Crippen LogP contribution in [0.15, 0.2) is 48.5 Å². The van der Waals surface area contributed by atoms with Gasteiger partial charge in [-0.2, -0.15) is 0 Å². The Morgan fingerprint density at radius 2 is 1.65 bits per heavy atom. The van der Waals surface area contributed by atoms with Crippen molar-refractivity contribution < 1.29 is 14.6 Å². The van der Waals surface area contributed by atoms with Crippen LogP contribution >= 0.6 is 0 Å². The van der Waals surface area contributed by atoms with Crippen molar-refractivity contribution >= 4 is 0 Å². The van der Waals surface area contributed by atoms with Crippen molar-refractivity contribution in [1.29, 1.82) is 0 Å². The Labute approximate surface area is 119 Å². The highest BCUT2D eigenvalue weighted by Gasteiger charge is 2.06. The molecule has 0 aliphatic rings. The third-order valence-electron chi connectivity index (χ3n) is 2.90. The van der Waals surface area contributed by atoms with Gasteiger partial charge < -0.3 is 14.6 Å². The maximum absolute atomic E-state index is 9.48. The van der Waals surface area contributed by atoms with Crippen LogP contribution in [0.25, 0.3) is 0 Å². The minimum atomic E-state index is -0.468. The maximum Gasteiger partial charge on any atom is 0.169 e. The lowest BCUT2D eigenvalue weighted by molar-refractivity contribution is 0.199. The smallest absolute Gasteiger partial charge is 0.169 e. The largest absolute Gasteiger partial charge is 0.490 e. The molecule has 0 aliphatic heterocycles. The van der Waals surface area contributed by atoms with Gasteiger partial charge in [0, 0.05) is 0 Å². The van der Waals surface area contributed by atoms with Crippen molar-refractivity contribution in [2.45, 2.75) is 26.4 Å². The summed E-state index contributed by atoms with van der Waals surface area (Å²) in [6.07, 6.45) is 0.487. The Hall–Kier alpha value is -2.00. The lowest BCUT2D eigenvalue weighted by Crippen LogP contribution is -1.97. The summed E-state index contributed by atoms with van der Waals surface area (Å²) in [4.78, 5) is 0. The molecule has 0 bridgehead atoms. The number of rotatable bonds is 6. The van der Waals surface area contributed by atoms with Crippen molar-refractivity contribution in [3.63, 3.8) is 0 Å². The molecule has 1 N–H and O–H groups in total. The molecule has 3 heteroatoms. The molecular weight excluding hydrogens is 252 g/mol. The van der Waals surface area contributed by atoms with Gasteiger partial charge >= 0.3 is 0 Å². The van der Waals surface area contributed by atoms with Gasteiger partial charge in [-0.3, -0.25) is 0 Å². The Balaban J connectivity index is 2.13. The lowest BCUT2D eigenvalue weighted by atomic mass is 10.1. The van der Waals surface area contributed by atoms with Gasteiger partial charge in [-0.15, -0.1) is 0 Å². The Morgan fingerprint density at radius 1 is 1.00 bits per heavy atom. The first-order valence-electron chi connectivity index (χ1n) is 6.88. The molecule has 20 heavy (non-hydrogen) atoms. The molecule has 0 saturated heterocycles. The third kappa shape index (κ3) is 3.75. The first kappa shape index (κ1) is 14.4. The lowest BCUT2D eigenvalue weighted by Gasteiger charge is -2.12. The van der Waals surface area contributed by atoms with Crippen LogP contribution < -0.4 is 9.47 Å². The van der Waals surface area contributed by atoms with Crippen LogP contribution in [-0.4, -0.2) is 11.7 Å². The highest BCUT2D eigenvalue weighted by molar-refractivity contribution is 5.43. The maximum atomic E-state index is 9.48. The predicted octanol–water partition coefficient (Wildman–Crippen LogP) is 4.32. The van der Waals surface area contributed by atoms with E-state index in [1.165, 1.54) is 0 Å². The molecule has 0 spiro atoms. The van der Waals surface area contributed by atoms with Gasteiger partial charge in [-0.1, -0.05) is 31.2 Å². The molecule has 2 aromatic carbocycles. The monoisotopic (exact) mass is 272 g/mol. The second kappa shape index (κ2) is 6.96. The fourth-order valence-electron chi connectivity index (χ4n) is 1.81. The third-order valence-corrected chi connectivity index (χ3v) is 2.90. The number of aliphatic hydroxyl groups is 1. The Bertz CT molecular complexity index is 532. The molecule has 0 radical (unpaired) electrons. The van der Waals surface area contributed by atoms with Crippen LogP contribution in [0, 0.1) is 0 Å². The van der Waals surface area contributed by atoms with Gasteiger partial charge in [0.1, 0.15) is 5.75 Å². The summed E-state index contributed by atoms with van der Waals surface area (Å²) in [7, 11) is 0. The minimum Gasteiger partial charge on any atom is -0.490 e. The van der Waals surface area contributed by atoms with Crippen LogP contribution in [0.2, 0.25) is 0 Å². The number of para-hydroxylation sites is 2. The molecule has 0 fully saturated rings. The molecule has 0 aromatic heterocycles. The molecule has 2 aromatic rings. The fraction of sp³-hybridized carbons (Fsp3) is 0.294. The number of hydrogen-bond acceptors (Lipinski definition) is 3. The van der Waals surface area contributed by atoms with E-state index in [0.717, 1.165) is 23.5 Å². The van der Waals surface area contributed by atoms with Gasteiger partial charge in [0.15, 0.2) is 11.5 Å². The first-order valence-corrected chi connectivity index (χ1v) is 6.88. The van der Waals surface area contributed by atoms with E-state index in [-0.39, 0.29) is 0 Å². The Morgan fingerprint density at radius 3 is 2.25 bits per heavy atom. The van der Waals surface area contributed by atoms with Crippen LogP contribution in [0.4, 0.5) is 0 Å². The van der Waals surface area contributed by atoms with Crippen LogP contribution in [0.3, 0.4) is 0 Å². The summed E-state index contributed by atoms with van der Waals surface area (Å²) >= 11 is 0. The number of ether oxygens (including phenoxy) is 2. The summed E-state index contributed by atoms with van der Waals surface area (Å²) in [6.45, 7) is 4.48. The van der Waals surface area contributed by atoms with Gasteiger partial charge in [-0.05, 0) is 43.2 Å². The SMILES string of the molecule is CCCOc1ccccc1Oc1ccc([C@@H](C)O)cc1. The predicted molar refractivity (Wildman–Crippen MR) is 79.4 cm³/mol. The molecule has 0 unspecified atom stereocenters. The normalized spacial score (nSPS) is 11.9. The van der Waals surface area contributed by atoms with Crippen molar-refractivity contribution in [3.05, 3.63) is 54.1 Å². The average Bonchev–Trinajstić information content (AvgIpc) is 2.47. The van der Waals surface area contributed by atoms with E-state index in [4.69, 9.17) is 9.47 Å².